The van der Waals surface area contributed by atoms with Gasteiger partial charge in [-0.05, 0) is 25.5 Å². The Morgan fingerprint density at radius 3 is 3.06 bits per heavy atom. The molecule has 0 bridgehead atoms. The minimum atomic E-state index is 0.186. The minimum absolute atomic E-state index is 0.186. The highest BCUT2D eigenvalue weighted by Crippen LogP contribution is 2.53. The second-order valence-corrected chi connectivity index (χ2v) is 7.96. The van der Waals surface area contributed by atoms with E-state index in [2.05, 4.69) is 60.5 Å². The molecule has 0 saturated carbocycles. The van der Waals surface area contributed by atoms with Crippen LogP contribution >= 0.6 is 20.3 Å². The van der Waals surface area contributed by atoms with Crippen LogP contribution in [0.4, 0.5) is 5.69 Å². The third-order valence-corrected chi connectivity index (χ3v) is 6.19. The van der Waals surface area contributed by atoms with Gasteiger partial charge in [0.1, 0.15) is 0 Å². The van der Waals surface area contributed by atoms with Gasteiger partial charge < -0.3 is 5.32 Å². The van der Waals surface area contributed by atoms with E-state index in [4.69, 9.17) is 0 Å². The quantitative estimate of drug-likeness (QED) is 0.693. The van der Waals surface area contributed by atoms with E-state index in [-0.39, 0.29) is 4.87 Å². The van der Waals surface area contributed by atoms with Crippen molar-refractivity contribution in [2.24, 2.45) is 0 Å². The van der Waals surface area contributed by atoms with E-state index in [9.17, 15) is 0 Å². The van der Waals surface area contributed by atoms with Crippen molar-refractivity contribution in [3.8, 4) is 0 Å². The molecule has 0 aromatic heterocycles. The molecule has 2 N–H and O–H groups in total. The Bertz CT molecular complexity index is 408. The molecular formula is C12H17N2PS. The maximum absolute atomic E-state index is 3.67. The zero-order valence-electron chi connectivity index (χ0n) is 9.58. The summed E-state index contributed by atoms with van der Waals surface area (Å²) in [5.41, 5.74) is 2.83. The lowest BCUT2D eigenvalue weighted by atomic mass is 10.2. The van der Waals surface area contributed by atoms with Crippen LogP contribution in [0.3, 0.4) is 0 Å². The zero-order chi connectivity index (χ0) is 11.2. The van der Waals surface area contributed by atoms with Crippen molar-refractivity contribution in [2.75, 3.05) is 11.6 Å². The number of hydrogen-bond donors (Lipinski definition) is 2. The molecule has 4 heteroatoms. The topological polar surface area (TPSA) is 24.1 Å². The summed E-state index contributed by atoms with van der Waals surface area (Å²) in [5.74, 6) is 0.622. The number of anilines is 1. The van der Waals surface area contributed by atoms with Crippen LogP contribution in [-0.4, -0.2) is 16.9 Å². The molecule has 3 atom stereocenters. The van der Waals surface area contributed by atoms with Crippen molar-refractivity contribution < 1.29 is 0 Å². The van der Waals surface area contributed by atoms with Gasteiger partial charge in [-0.2, -0.15) is 0 Å². The number of fused-ring (bicyclic) bond motifs is 3. The monoisotopic (exact) mass is 252 g/mol. The Balaban J connectivity index is 1.96. The summed E-state index contributed by atoms with van der Waals surface area (Å²) in [6.45, 7) is 4.57. The Labute approximate surface area is 103 Å². The molecule has 3 rings (SSSR count). The number of benzene rings is 1. The van der Waals surface area contributed by atoms with Crippen LogP contribution in [0.2, 0.25) is 0 Å². The van der Waals surface area contributed by atoms with Crippen LogP contribution in [0.5, 0.6) is 0 Å². The zero-order valence-corrected chi connectivity index (χ0v) is 11.4. The van der Waals surface area contributed by atoms with Gasteiger partial charge in [-0.3, -0.25) is 5.32 Å². The van der Waals surface area contributed by atoms with Gasteiger partial charge in [0.25, 0.3) is 0 Å². The largest absolute Gasteiger partial charge is 0.377 e. The first-order chi connectivity index (χ1) is 7.66. The number of nitrogens with one attached hydrogen (secondary N) is 2. The summed E-state index contributed by atoms with van der Waals surface area (Å²) in [4.78, 5) is 0.186. The molecule has 2 heterocycles. The predicted octanol–water partition coefficient (Wildman–Crippen LogP) is 3.19. The van der Waals surface area contributed by atoms with E-state index in [1.807, 2.05) is 0 Å². The molecule has 0 spiro atoms. The van der Waals surface area contributed by atoms with Crippen molar-refractivity contribution in [3.05, 3.63) is 29.8 Å². The highest BCUT2D eigenvalue weighted by atomic mass is 32.2. The summed E-state index contributed by atoms with van der Waals surface area (Å²) in [7, 11) is 0.949. The number of para-hydroxylation sites is 1. The minimum Gasteiger partial charge on any atom is -0.377 e. The van der Waals surface area contributed by atoms with E-state index < -0.39 is 0 Å². The van der Waals surface area contributed by atoms with Crippen molar-refractivity contribution in [3.63, 3.8) is 0 Å². The maximum Gasteiger partial charge on any atom is 0.0603 e. The predicted molar refractivity (Wildman–Crippen MR) is 74.6 cm³/mol. The van der Waals surface area contributed by atoms with E-state index in [0.29, 0.717) is 11.0 Å². The smallest absolute Gasteiger partial charge is 0.0603 e. The SMILES string of the molecule is CC1(C)NCP[C@@H]2Nc3ccccc3[C@@H]2S1. The molecule has 86 valence electrons. The van der Waals surface area contributed by atoms with Crippen LogP contribution < -0.4 is 10.6 Å². The van der Waals surface area contributed by atoms with Crippen LogP contribution in [-0.2, 0) is 0 Å². The summed E-state index contributed by atoms with van der Waals surface area (Å²) in [6.07, 6.45) is 1.13. The molecule has 2 nitrogen and oxygen atoms in total. The molecule has 0 amide bonds. The summed E-state index contributed by atoms with van der Waals surface area (Å²) in [6, 6.07) is 8.74. The van der Waals surface area contributed by atoms with Crippen molar-refractivity contribution in [2.45, 2.75) is 29.8 Å². The van der Waals surface area contributed by atoms with E-state index in [1.54, 1.807) is 0 Å². The van der Waals surface area contributed by atoms with E-state index in [1.165, 1.54) is 11.3 Å². The Hall–Kier alpha value is -0.240. The molecule has 1 fully saturated rings. The standard InChI is InChI=1S/C12H17N2PS/c1-12(2)13-7-15-11-10(16-12)8-5-3-4-6-9(8)14-11/h3-6,10-11,13-15H,7H2,1-2H3/t10-,11-/m0/s1. The second kappa shape index (κ2) is 3.90. The van der Waals surface area contributed by atoms with Gasteiger partial charge >= 0.3 is 0 Å². The molecular weight excluding hydrogens is 235 g/mol. The van der Waals surface area contributed by atoms with Crippen LogP contribution in [0, 0.1) is 0 Å². The second-order valence-electron chi connectivity index (χ2n) is 4.82. The van der Waals surface area contributed by atoms with Gasteiger partial charge in [0.05, 0.1) is 15.9 Å². The average molecular weight is 252 g/mol. The Morgan fingerprint density at radius 1 is 1.38 bits per heavy atom. The third kappa shape index (κ3) is 1.85. The molecule has 1 aromatic rings. The lowest BCUT2D eigenvalue weighted by Crippen LogP contribution is -2.34. The first-order valence-corrected chi connectivity index (χ1v) is 7.84. The van der Waals surface area contributed by atoms with E-state index >= 15 is 0 Å². The highest BCUT2D eigenvalue weighted by molar-refractivity contribution is 8.01. The van der Waals surface area contributed by atoms with Crippen molar-refractivity contribution >= 4 is 26.0 Å². The molecule has 1 aromatic carbocycles. The van der Waals surface area contributed by atoms with Crippen LogP contribution in [0.15, 0.2) is 24.3 Å². The fourth-order valence-electron chi connectivity index (χ4n) is 2.32. The normalized spacial score (nSPS) is 32.6. The van der Waals surface area contributed by atoms with Gasteiger partial charge in [0, 0.05) is 12.0 Å². The lowest BCUT2D eigenvalue weighted by Gasteiger charge is -2.26. The first kappa shape index (κ1) is 10.9. The first-order valence-electron chi connectivity index (χ1n) is 5.67. The Kier molecular flexibility index (Phi) is 2.66. The number of rotatable bonds is 0. The van der Waals surface area contributed by atoms with Gasteiger partial charge in [-0.25, -0.2) is 0 Å². The highest BCUT2D eigenvalue weighted by Gasteiger charge is 2.38. The molecule has 0 radical (unpaired) electrons. The van der Waals surface area contributed by atoms with Crippen LogP contribution in [0.25, 0.3) is 0 Å². The fourth-order valence-corrected chi connectivity index (χ4v) is 5.68. The summed E-state index contributed by atoms with van der Waals surface area (Å²) in [5, 5.41) is 7.89. The van der Waals surface area contributed by atoms with Crippen LogP contribution in [0.1, 0.15) is 24.7 Å². The molecule has 1 unspecified atom stereocenters. The Morgan fingerprint density at radius 2 is 2.19 bits per heavy atom. The summed E-state index contributed by atoms with van der Waals surface area (Å²) >= 11 is 2.06. The molecule has 16 heavy (non-hydrogen) atoms. The van der Waals surface area contributed by atoms with Crippen molar-refractivity contribution in [1.29, 1.82) is 0 Å². The summed E-state index contributed by atoms with van der Waals surface area (Å²) < 4.78 is 0. The van der Waals surface area contributed by atoms with E-state index in [0.717, 1.165) is 14.9 Å². The van der Waals surface area contributed by atoms with Crippen molar-refractivity contribution in [1.82, 2.24) is 5.32 Å². The molecule has 1 saturated heterocycles. The fraction of sp³-hybridized carbons (Fsp3) is 0.500. The average Bonchev–Trinajstić information content (AvgIpc) is 2.48. The third-order valence-electron chi connectivity index (χ3n) is 3.14. The molecule has 2 aliphatic rings. The van der Waals surface area contributed by atoms with Gasteiger partial charge in [0.15, 0.2) is 0 Å². The lowest BCUT2D eigenvalue weighted by molar-refractivity contribution is 0.597. The van der Waals surface area contributed by atoms with Gasteiger partial charge in [-0.15, -0.1) is 11.8 Å². The number of thioether (sulfide) groups is 1. The maximum atomic E-state index is 3.67. The number of hydrogen-bond acceptors (Lipinski definition) is 3. The molecule has 0 aliphatic carbocycles. The van der Waals surface area contributed by atoms with Gasteiger partial charge in [0.2, 0.25) is 0 Å². The van der Waals surface area contributed by atoms with Gasteiger partial charge in [-0.1, -0.05) is 26.8 Å². The molecule has 2 aliphatic heterocycles.